The van der Waals surface area contributed by atoms with E-state index >= 15 is 0 Å². The highest BCUT2D eigenvalue weighted by atomic mass is 14.9. The van der Waals surface area contributed by atoms with E-state index in [2.05, 4.69) is 31.2 Å². The first-order valence-corrected chi connectivity index (χ1v) is 4.58. The summed E-state index contributed by atoms with van der Waals surface area (Å²) < 4.78 is 0. The van der Waals surface area contributed by atoms with Crippen molar-refractivity contribution in [3.05, 3.63) is 0 Å². The van der Waals surface area contributed by atoms with Gasteiger partial charge in [-0.1, -0.05) is 19.8 Å². The molecule has 0 aliphatic carbocycles. The van der Waals surface area contributed by atoms with Gasteiger partial charge in [0.05, 0.1) is 12.1 Å². The summed E-state index contributed by atoms with van der Waals surface area (Å²) in [5.41, 5.74) is 0.154. The summed E-state index contributed by atoms with van der Waals surface area (Å²) in [5, 5.41) is 11.7. The molecule has 0 aliphatic heterocycles. The van der Waals surface area contributed by atoms with Crippen LogP contribution in [0.15, 0.2) is 0 Å². The standard InChI is InChI=1S/C11H18N2/c1-5-10(2)13-9-11(3,4)7-6-8-12/h1,10,13H,6-7,9H2,2-4H3. The van der Waals surface area contributed by atoms with E-state index in [1.165, 1.54) is 0 Å². The Morgan fingerprint density at radius 3 is 2.62 bits per heavy atom. The molecule has 0 saturated heterocycles. The molecule has 72 valence electrons. The second-order valence-corrected chi connectivity index (χ2v) is 4.09. The van der Waals surface area contributed by atoms with Crippen molar-refractivity contribution in [3.63, 3.8) is 0 Å². The van der Waals surface area contributed by atoms with Crippen molar-refractivity contribution in [2.75, 3.05) is 6.54 Å². The molecule has 0 aliphatic rings. The van der Waals surface area contributed by atoms with Crippen molar-refractivity contribution in [2.45, 2.75) is 39.7 Å². The smallest absolute Gasteiger partial charge is 0.0658 e. The van der Waals surface area contributed by atoms with Crippen molar-refractivity contribution in [1.29, 1.82) is 5.26 Å². The lowest BCUT2D eigenvalue weighted by atomic mass is 9.88. The van der Waals surface area contributed by atoms with Crippen LogP contribution in [0, 0.1) is 29.1 Å². The van der Waals surface area contributed by atoms with Gasteiger partial charge in [0.1, 0.15) is 0 Å². The fraction of sp³-hybridized carbons (Fsp3) is 0.727. The minimum atomic E-state index is 0.112. The molecular weight excluding hydrogens is 160 g/mol. The average molecular weight is 178 g/mol. The number of nitrogens with one attached hydrogen (secondary N) is 1. The van der Waals surface area contributed by atoms with Crippen LogP contribution in [0.1, 0.15) is 33.6 Å². The van der Waals surface area contributed by atoms with E-state index in [1.54, 1.807) is 0 Å². The lowest BCUT2D eigenvalue weighted by Gasteiger charge is -2.24. The van der Waals surface area contributed by atoms with Gasteiger partial charge in [0.2, 0.25) is 0 Å². The maximum atomic E-state index is 8.45. The monoisotopic (exact) mass is 178 g/mol. The molecule has 0 radical (unpaired) electrons. The van der Waals surface area contributed by atoms with Crippen LogP contribution in [0.25, 0.3) is 0 Å². The molecule has 2 nitrogen and oxygen atoms in total. The fourth-order valence-corrected chi connectivity index (χ4v) is 0.971. The molecule has 0 heterocycles. The maximum absolute atomic E-state index is 8.45. The number of nitriles is 1. The van der Waals surface area contributed by atoms with Crippen molar-refractivity contribution >= 4 is 0 Å². The molecule has 0 spiro atoms. The van der Waals surface area contributed by atoms with Gasteiger partial charge in [-0.3, -0.25) is 0 Å². The Morgan fingerprint density at radius 1 is 1.54 bits per heavy atom. The van der Waals surface area contributed by atoms with Crippen molar-refractivity contribution < 1.29 is 0 Å². The maximum Gasteiger partial charge on any atom is 0.0658 e. The number of hydrogen-bond donors (Lipinski definition) is 1. The third-order valence-electron chi connectivity index (χ3n) is 2.05. The largest absolute Gasteiger partial charge is 0.303 e. The van der Waals surface area contributed by atoms with E-state index in [1.807, 2.05) is 6.92 Å². The molecule has 1 atom stereocenters. The van der Waals surface area contributed by atoms with E-state index in [0.717, 1.165) is 13.0 Å². The number of rotatable bonds is 5. The molecule has 0 aromatic heterocycles. The van der Waals surface area contributed by atoms with Gasteiger partial charge in [0, 0.05) is 13.0 Å². The number of terminal acetylenes is 1. The number of nitrogens with zero attached hydrogens (tertiary/aromatic N) is 1. The molecule has 13 heavy (non-hydrogen) atoms. The zero-order valence-corrected chi connectivity index (χ0v) is 8.72. The Balaban J connectivity index is 3.77. The number of hydrogen-bond acceptors (Lipinski definition) is 2. The predicted molar refractivity (Wildman–Crippen MR) is 54.9 cm³/mol. The summed E-state index contributed by atoms with van der Waals surface area (Å²) in [6.07, 6.45) is 6.76. The minimum absolute atomic E-state index is 0.112. The normalized spacial score (nSPS) is 13.0. The van der Waals surface area contributed by atoms with Crippen LogP contribution in [-0.4, -0.2) is 12.6 Å². The molecular formula is C11H18N2. The lowest BCUT2D eigenvalue weighted by molar-refractivity contribution is 0.313. The Bertz CT molecular complexity index is 217. The topological polar surface area (TPSA) is 35.8 Å². The third kappa shape index (κ3) is 6.20. The Hall–Kier alpha value is -0.990. The molecule has 2 heteroatoms. The zero-order chi connectivity index (χ0) is 10.3. The van der Waals surface area contributed by atoms with Gasteiger partial charge in [0.15, 0.2) is 0 Å². The van der Waals surface area contributed by atoms with E-state index in [9.17, 15) is 0 Å². The van der Waals surface area contributed by atoms with E-state index in [0.29, 0.717) is 6.42 Å². The van der Waals surface area contributed by atoms with Gasteiger partial charge in [-0.2, -0.15) is 5.26 Å². The predicted octanol–water partition coefficient (Wildman–Crippen LogP) is 1.93. The first-order valence-electron chi connectivity index (χ1n) is 4.58. The van der Waals surface area contributed by atoms with Crippen LogP contribution in [0.4, 0.5) is 0 Å². The quantitative estimate of drug-likeness (QED) is 0.653. The van der Waals surface area contributed by atoms with Crippen molar-refractivity contribution in [2.24, 2.45) is 5.41 Å². The molecule has 0 aromatic carbocycles. The summed E-state index contributed by atoms with van der Waals surface area (Å²) >= 11 is 0. The first-order chi connectivity index (χ1) is 6.02. The molecule has 0 aromatic rings. The van der Waals surface area contributed by atoms with Crippen LogP contribution >= 0.6 is 0 Å². The van der Waals surface area contributed by atoms with E-state index in [4.69, 9.17) is 11.7 Å². The van der Waals surface area contributed by atoms with Crippen LogP contribution in [0.3, 0.4) is 0 Å². The summed E-state index contributed by atoms with van der Waals surface area (Å²) in [4.78, 5) is 0. The molecule has 0 bridgehead atoms. The SMILES string of the molecule is C#CC(C)NCC(C)(C)CCC#N. The van der Waals surface area contributed by atoms with Gasteiger partial charge >= 0.3 is 0 Å². The molecule has 1 unspecified atom stereocenters. The fourth-order valence-electron chi connectivity index (χ4n) is 0.971. The van der Waals surface area contributed by atoms with Gasteiger partial charge in [-0.15, -0.1) is 6.42 Å². The molecule has 0 saturated carbocycles. The van der Waals surface area contributed by atoms with E-state index < -0.39 is 0 Å². The Morgan fingerprint density at radius 2 is 2.15 bits per heavy atom. The summed E-state index contributed by atoms with van der Waals surface area (Å²) in [7, 11) is 0. The van der Waals surface area contributed by atoms with Gasteiger partial charge in [-0.05, 0) is 18.8 Å². The average Bonchev–Trinajstić information content (AvgIpc) is 2.11. The van der Waals surface area contributed by atoms with Gasteiger partial charge in [0.25, 0.3) is 0 Å². The molecule has 0 rings (SSSR count). The zero-order valence-electron chi connectivity index (χ0n) is 8.72. The Kier molecular flexibility index (Phi) is 5.19. The second kappa shape index (κ2) is 5.62. The highest BCUT2D eigenvalue weighted by molar-refractivity contribution is 4.96. The summed E-state index contributed by atoms with van der Waals surface area (Å²) in [6, 6.07) is 2.27. The third-order valence-corrected chi connectivity index (χ3v) is 2.05. The van der Waals surface area contributed by atoms with Crippen LogP contribution < -0.4 is 5.32 Å². The highest BCUT2D eigenvalue weighted by Crippen LogP contribution is 2.20. The second-order valence-electron chi connectivity index (χ2n) is 4.09. The van der Waals surface area contributed by atoms with Gasteiger partial charge in [-0.25, -0.2) is 0 Å². The molecule has 0 fully saturated rings. The lowest BCUT2D eigenvalue weighted by Crippen LogP contribution is -2.34. The van der Waals surface area contributed by atoms with Crippen molar-refractivity contribution in [3.8, 4) is 18.4 Å². The summed E-state index contributed by atoms with van der Waals surface area (Å²) in [5.74, 6) is 2.62. The Labute approximate surface area is 81.3 Å². The molecule has 0 amide bonds. The molecule has 1 N–H and O–H groups in total. The van der Waals surface area contributed by atoms with Crippen LogP contribution in [-0.2, 0) is 0 Å². The van der Waals surface area contributed by atoms with Crippen LogP contribution in [0.2, 0.25) is 0 Å². The van der Waals surface area contributed by atoms with Crippen LogP contribution in [0.5, 0.6) is 0 Å². The van der Waals surface area contributed by atoms with E-state index in [-0.39, 0.29) is 11.5 Å². The highest BCUT2D eigenvalue weighted by Gasteiger charge is 2.17. The minimum Gasteiger partial charge on any atom is -0.303 e. The first kappa shape index (κ1) is 12.0. The summed E-state index contributed by atoms with van der Waals surface area (Å²) in [6.45, 7) is 7.10. The van der Waals surface area contributed by atoms with Gasteiger partial charge < -0.3 is 5.32 Å². The van der Waals surface area contributed by atoms with Crippen molar-refractivity contribution in [1.82, 2.24) is 5.32 Å².